The van der Waals surface area contributed by atoms with Gasteiger partial charge in [0.25, 0.3) is 0 Å². The van der Waals surface area contributed by atoms with Crippen LogP contribution in [-0.4, -0.2) is 25.7 Å². The minimum atomic E-state index is -3.64. The van der Waals surface area contributed by atoms with Crippen LogP contribution in [0.4, 0.5) is 0 Å². The summed E-state index contributed by atoms with van der Waals surface area (Å²) in [5, 5.41) is 8.77. The predicted octanol–water partition coefficient (Wildman–Crippen LogP) is 2.95. The summed E-state index contributed by atoms with van der Waals surface area (Å²) < 4.78 is 30.4. The van der Waals surface area contributed by atoms with Crippen LogP contribution in [0.3, 0.4) is 0 Å². The van der Waals surface area contributed by atoms with Crippen molar-refractivity contribution in [3.8, 4) is 6.07 Å². The zero-order valence-corrected chi connectivity index (χ0v) is 15.0. The van der Waals surface area contributed by atoms with E-state index < -0.39 is 27.3 Å². The molecule has 0 aliphatic rings. The first-order valence-corrected chi connectivity index (χ1v) is 9.07. The zero-order chi connectivity index (χ0) is 17.8. The Morgan fingerprint density at radius 2 is 1.74 bits per heavy atom. The number of nitriles is 1. The van der Waals surface area contributed by atoms with Crippen molar-refractivity contribution in [3.63, 3.8) is 0 Å². The van der Waals surface area contributed by atoms with Gasteiger partial charge in [-0.1, -0.05) is 13.8 Å². The number of rotatable bonds is 5. The van der Waals surface area contributed by atoms with Crippen LogP contribution in [0, 0.1) is 23.2 Å². The number of hydrogen-bond acceptors (Lipinski definition) is 5. The SMILES string of the molecule is CC(C)[C@@H](CS(=O)(=O)c1ccc(C#N)cc1)C(=O)OC(C)(C)C. The van der Waals surface area contributed by atoms with E-state index in [9.17, 15) is 13.2 Å². The van der Waals surface area contributed by atoms with Crippen LogP contribution in [0.1, 0.15) is 40.2 Å². The number of benzene rings is 1. The first-order valence-electron chi connectivity index (χ1n) is 7.42. The Balaban J connectivity index is 3.02. The number of carbonyl (C=O) groups is 1. The summed E-state index contributed by atoms with van der Waals surface area (Å²) in [5.74, 6) is -1.73. The van der Waals surface area contributed by atoms with Gasteiger partial charge in [0.05, 0.1) is 28.2 Å². The van der Waals surface area contributed by atoms with E-state index in [0.29, 0.717) is 5.56 Å². The number of nitrogens with zero attached hydrogens (tertiary/aromatic N) is 1. The molecule has 0 N–H and O–H groups in total. The summed E-state index contributed by atoms with van der Waals surface area (Å²) >= 11 is 0. The van der Waals surface area contributed by atoms with E-state index in [0.717, 1.165) is 0 Å². The molecule has 126 valence electrons. The Kier molecular flexibility index (Phi) is 5.95. The molecule has 5 nitrogen and oxygen atoms in total. The molecule has 1 aromatic rings. The molecular formula is C17H23NO4S. The minimum Gasteiger partial charge on any atom is -0.460 e. The molecule has 0 aliphatic carbocycles. The number of hydrogen-bond donors (Lipinski definition) is 0. The van der Waals surface area contributed by atoms with Crippen molar-refractivity contribution >= 4 is 15.8 Å². The van der Waals surface area contributed by atoms with E-state index in [1.165, 1.54) is 24.3 Å². The molecule has 0 saturated carbocycles. The van der Waals surface area contributed by atoms with Gasteiger partial charge in [0.1, 0.15) is 5.60 Å². The molecule has 1 atom stereocenters. The first-order chi connectivity index (χ1) is 10.5. The Hall–Kier alpha value is -1.87. The number of carbonyl (C=O) groups excluding carboxylic acids is 1. The second-order valence-corrected chi connectivity index (χ2v) is 8.84. The largest absolute Gasteiger partial charge is 0.460 e. The lowest BCUT2D eigenvalue weighted by atomic mass is 9.98. The molecule has 0 bridgehead atoms. The van der Waals surface area contributed by atoms with Gasteiger partial charge in [-0.3, -0.25) is 4.79 Å². The lowest BCUT2D eigenvalue weighted by Gasteiger charge is -2.25. The molecule has 0 spiro atoms. The fourth-order valence-electron chi connectivity index (χ4n) is 1.98. The van der Waals surface area contributed by atoms with E-state index in [-0.39, 0.29) is 16.6 Å². The van der Waals surface area contributed by atoms with Gasteiger partial charge in [-0.25, -0.2) is 8.42 Å². The summed E-state index contributed by atoms with van der Waals surface area (Å²) in [7, 11) is -3.64. The molecule has 6 heteroatoms. The Morgan fingerprint density at radius 1 is 1.22 bits per heavy atom. The van der Waals surface area contributed by atoms with Gasteiger partial charge in [0.15, 0.2) is 9.84 Å². The maximum atomic E-state index is 12.5. The Labute approximate surface area is 138 Å². The number of esters is 1. The zero-order valence-electron chi connectivity index (χ0n) is 14.2. The van der Waals surface area contributed by atoms with Gasteiger partial charge in [-0.15, -0.1) is 0 Å². The Morgan fingerprint density at radius 3 is 2.13 bits per heavy atom. The number of ether oxygens (including phenoxy) is 1. The van der Waals surface area contributed by atoms with Crippen LogP contribution in [0.5, 0.6) is 0 Å². The second kappa shape index (κ2) is 7.14. The van der Waals surface area contributed by atoms with Crippen molar-refractivity contribution in [2.75, 3.05) is 5.75 Å². The average Bonchev–Trinajstić information content (AvgIpc) is 2.42. The van der Waals surface area contributed by atoms with Gasteiger partial charge >= 0.3 is 5.97 Å². The summed E-state index contributed by atoms with van der Waals surface area (Å²) in [6, 6.07) is 7.62. The topological polar surface area (TPSA) is 84.2 Å². The van der Waals surface area contributed by atoms with Crippen LogP contribution in [0.25, 0.3) is 0 Å². The van der Waals surface area contributed by atoms with Crippen LogP contribution in [0.2, 0.25) is 0 Å². The van der Waals surface area contributed by atoms with E-state index in [1.807, 2.05) is 6.07 Å². The highest BCUT2D eigenvalue weighted by atomic mass is 32.2. The van der Waals surface area contributed by atoms with Crippen LogP contribution < -0.4 is 0 Å². The van der Waals surface area contributed by atoms with Crippen molar-refractivity contribution < 1.29 is 17.9 Å². The molecule has 0 heterocycles. The minimum absolute atomic E-state index is 0.103. The van der Waals surface area contributed by atoms with Crippen molar-refractivity contribution in [3.05, 3.63) is 29.8 Å². The molecular weight excluding hydrogens is 314 g/mol. The molecule has 0 aliphatic heterocycles. The third-order valence-corrected chi connectivity index (χ3v) is 5.04. The third-order valence-electron chi connectivity index (χ3n) is 3.26. The number of sulfone groups is 1. The quantitative estimate of drug-likeness (QED) is 0.771. The summed E-state index contributed by atoms with van der Waals surface area (Å²) in [5.41, 5.74) is -0.279. The Bertz CT molecular complexity index is 692. The smallest absolute Gasteiger partial charge is 0.310 e. The molecule has 1 aromatic carbocycles. The molecule has 0 radical (unpaired) electrons. The van der Waals surface area contributed by atoms with Crippen LogP contribution in [-0.2, 0) is 19.4 Å². The third kappa shape index (κ3) is 5.68. The molecule has 0 saturated heterocycles. The van der Waals surface area contributed by atoms with Gasteiger partial charge < -0.3 is 4.74 Å². The van der Waals surface area contributed by atoms with Crippen LogP contribution in [0.15, 0.2) is 29.2 Å². The van der Waals surface area contributed by atoms with Crippen molar-refractivity contribution in [2.45, 2.75) is 45.1 Å². The van der Waals surface area contributed by atoms with E-state index in [1.54, 1.807) is 34.6 Å². The standard InChI is InChI=1S/C17H23NO4S/c1-12(2)15(16(19)22-17(3,4)5)11-23(20,21)14-8-6-13(10-18)7-9-14/h6-9,12,15H,11H2,1-5H3/t15-/m1/s1. The molecule has 1 rings (SSSR count). The fraction of sp³-hybridized carbons (Fsp3) is 0.529. The summed E-state index contributed by atoms with van der Waals surface area (Å²) in [4.78, 5) is 12.4. The van der Waals surface area contributed by atoms with Gasteiger partial charge in [-0.05, 0) is 51.0 Å². The molecule has 0 amide bonds. The maximum Gasteiger partial charge on any atom is 0.310 e. The summed E-state index contributed by atoms with van der Waals surface area (Å²) in [6.45, 7) is 8.83. The fourth-order valence-corrected chi connectivity index (χ4v) is 3.72. The van der Waals surface area contributed by atoms with Gasteiger partial charge in [-0.2, -0.15) is 5.26 Å². The van der Waals surface area contributed by atoms with Crippen LogP contribution >= 0.6 is 0 Å². The van der Waals surface area contributed by atoms with Crippen molar-refractivity contribution in [2.24, 2.45) is 11.8 Å². The highest BCUT2D eigenvalue weighted by molar-refractivity contribution is 7.91. The monoisotopic (exact) mass is 337 g/mol. The van der Waals surface area contributed by atoms with Gasteiger partial charge in [0.2, 0.25) is 0 Å². The van der Waals surface area contributed by atoms with Crippen molar-refractivity contribution in [1.82, 2.24) is 0 Å². The second-order valence-electron chi connectivity index (χ2n) is 6.80. The average molecular weight is 337 g/mol. The molecule has 0 fully saturated rings. The van der Waals surface area contributed by atoms with E-state index in [2.05, 4.69) is 0 Å². The predicted molar refractivity (Wildman–Crippen MR) is 87.4 cm³/mol. The summed E-state index contributed by atoms with van der Waals surface area (Å²) in [6.07, 6.45) is 0. The lowest BCUT2D eigenvalue weighted by Crippen LogP contribution is -2.35. The first kappa shape index (κ1) is 19.2. The van der Waals surface area contributed by atoms with E-state index >= 15 is 0 Å². The highest BCUT2D eigenvalue weighted by Crippen LogP contribution is 2.23. The van der Waals surface area contributed by atoms with Gasteiger partial charge in [0, 0.05) is 0 Å². The molecule has 0 aromatic heterocycles. The normalized spacial score (nSPS) is 13.4. The lowest BCUT2D eigenvalue weighted by molar-refractivity contribution is -0.160. The van der Waals surface area contributed by atoms with Crippen molar-refractivity contribution in [1.29, 1.82) is 5.26 Å². The van der Waals surface area contributed by atoms with E-state index in [4.69, 9.17) is 10.00 Å². The highest BCUT2D eigenvalue weighted by Gasteiger charge is 2.32. The maximum absolute atomic E-state index is 12.5. The molecule has 23 heavy (non-hydrogen) atoms. The molecule has 0 unspecified atom stereocenters.